The van der Waals surface area contributed by atoms with Gasteiger partial charge in [0.2, 0.25) is 0 Å². The van der Waals surface area contributed by atoms with Gasteiger partial charge in [0.05, 0.1) is 10.6 Å². The third-order valence-electron chi connectivity index (χ3n) is 3.84. The summed E-state index contributed by atoms with van der Waals surface area (Å²) in [6.45, 7) is 2.94. The first-order chi connectivity index (χ1) is 10.2. The summed E-state index contributed by atoms with van der Waals surface area (Å²) in [5, 5.41) is 3.49. The summed E-state index contributed by atoms with van der Waals surface area (Å²) in [7, 11) is 0. The fourth-order valence-corrected chi connectivity index (χ4v) is 4.06. The summed E-state index contributed by atoms with van der Waals surface area (Å²) in [6.07, 6.45) is 3.28. The van der Waals surface area contributed by atoms with Crippen LogP contribution in [0, 0.1) is 6.92 Å². The number of halogens is 1. The Kier molecular flexibility index (Phi) is 4.48. The first kappa shape index (κ1) is 14.8. The van der Waals surface area contributed by atoms with Gasteiger partial charge in [0.1, 0.15) is 0 Å². The summed E-state index contributed by atoms with van der Waals surface area (Å²) in [4.78, 5) is 4.97. The lowest BCUT2D eigenvalue weighted by molar-refractivity contribution is 0.748. The Labute approximate surface area is 137 Å². The number of aromatic nitrogens is 1. The molecule has 0 unspecified atom stereocenters. The Morgan fingerprint density at radius 1 is 1.24 bits per heavy atom. The van der Waals surface area contributed by atoms with E-state index in [-0.39, 0.29) is 0 Å². The highest BCUT2D eigenvalue weighted by molar-refractivity contribution is 9.10. The lowest BCUT2D eigenvalue weighted by atomic mass is 10.0. The molecule has 2 nitrogen and oxygen atoms in total. The number of aryl methyl sites for hydroxylation is 2. The van der Waals surface area contributed by atoms with E-state index in [1.165, 1.54) is 32.6 Å². The highest BCUT2D eigenvalue weighted by Crippen LogP contribution is 2.37. The number of thiophene rings is 1. The molecule has 3 rings (SSSR count). The van der Waals surface area contributed by atoms with Crippen LogP contribution >= 0.6 is 27.3 Å². The average Bonchev–Trinajstić information content (AvgIpc) is 3.03. The largest absolute Gasteiger partial charge is 0.354 e. The topological polar surface area (TPSA) is 41.8 Å². The Bertz CT molecular complexity index is 757. The lowest BCUT2D eigenvalue weighted by Gasteiger charge is -2.04. The first-order valence-corrected chi connectivity index (χ1v) is 8.92. The van der Waals surface area contributed by atoms with Crippen molar-refractivity contribution in [2.75, 3.05) is 6.54 Å². The molecule has 3 N–H and O–H groups in total. The molecule has 0 saturated heterocycles. The van der Waals surface area contributed by atoms with E-state index in [1.54, 1.807) is 0 Å². The fraction of sp³-hybridized carbons (Fsp3) is 0.294. The number of nitrogens with two attached hydrogens (primary N) is 1. The third-order valence-corrected chi connectivity index (χ3v) is 5.37. The van der Waals surface area contributed by atoms with E-state index in [0.29, 0.717) is 0 Å². The number of hydrogen-bond acceptors (Lipinski definition) is 2. The second kappa shape index (κ2) is 6.34. The molecule has 0 saturated carbocycles. The molecule has 1 aromatic carbocycles. The smallest absolute Gasteiger partial charge is 0.0601 e. The monoisotopic (exact) mass is 362 g/mol. The molecule has 2 heterocycles. The predicted octanol–water partition coefficient (Wildman–Crippen LogP) is 5.25. The van der Waals surface area contributed by atoms with Gasteiger partial charge in [-0.05, 0) is 73.5 Å². The second-order valence-electron chi connectivity index (χ2n) is 5.35. The third kappa shape index (κ3) is 2.93. The van der Waals surface area contributed by atoms with Gasteiger partial charge >= 0.3 is 0 Å². The zero-order valence-electron chi connectivity index (χ0n) is 12.1. The number of rotatable bonds is 5. The zero-order chi connectivity index (χ0) is 14.8. The highest BCUT2D eigenvalue weighted by Gasteiger charge is 2.15. The maximum Gasteiger partial charge on any atom is 0.0601 e. The van der Waals surface area contributed by atoms with E-state index in [4.69, 9.17) is 5.73 Å². The van der Waals surface area contributed by atoms with Crippen molar-refractivity contribution in [3.05, 3.63) is 45.2 Å². The van der Waals surface area contributed by atoms with Crippen LogP contribution in [0.15, 0.2) is 34.1 Å². The highest BCUT2D eigenvalue weighted by atomic mass is 79.9. The van der Waals surface area contributed by atoms with Crippen LogP contribution in [0.1, 0.15) is 24.0 Å². The molecule has 0 radical (unpaired) electrons. The first-order valence-electron chi connectivity index (χ1n) is 7.25. The van der Waals surface area contributed by atoms with Gasteiger partial charge in [-0.25, -0.2) is 0 Å². The van der Waals surface area contributed by atoms with Crippen molar-refractivity contribution >= 4 is 38.2 Å². The van der Waals surface area contributed by atoms with E-state index >= 15 is 0 Å². The molecule has 21 heavy (non-hydrogen) atoms. The van der Waals surface area contributed by atoms with Crippen LogP contribution in [-0.4, -0.2) is 11.5 Å². The number of H-pyrrole nitrogens is 1. The molecule has 0 aliphatic rings. The van der Waals surface area contributed by atoms with Crippen molar-refractivity contribution in [2.24, 2.45) is 5.73 Å². The van der Waals surface area contributed by atoms with Gasteiger partial charge in [0.25, 0.3) is 0 Å². The molecule has 0 fully saturated rings. The Hall–Kier alpha value is -1.10. The molecule has 0 aliphatic carbocycles. The van der Waals surface area contributed by atoms with E-state index in [2.05, 4.69) is 57.5 Å². The van der Waals surface area contributed by atoms with Crippen LogP contribution < -0.4 is 5.73 Å². The molecular formula is C17H19BrN2S. The Morgan fingerprint density at radius 3 is 2.81 bits per heavy atom. The Balaban J connectivity index is 2.13. The molecule has 0 amide bonds. The van der Waals surface area contributed by atoms with Crippen molar-refractivity contribution in [3.8, 4) is 10.6 Å². The van der Waals surface area contributed by atoms with Gasteiger partial charge in [-0.3, -0.25) is 0 Å². The van der Waals surface area contributed by atoms with Crippen LogP contribution in [0.2, 0.25) is 0 Å². The van der Waals surface area contributed by atoms with Crippen LogP contribution in [0.5, 0.6) is 0 Å². The van der Waals surface area contributed by atoms with E-state index < -0.39 is 0 Å². The quantitative estimate of drug-likeness (QED) is 0.598. The molecule has 0 aliphatic heterocycles. The van der Waals surface area contributed by atoms with Crippen molar-refractivity contribution in [3.63, 3.8) is 0 Å². The minimum absolute atomic E-state index is 0.763. The zero-order valence-corrected chi connectivity index (χ0v) is 14.5. The van der Waals surface area contributed by atoms with Crippen LogP contribution in [0.3, 0.4) is 0 Å². The summed E-state index contributed by atoms with van der Waals surface area (Å²) >= 11 is 5.40. The van der Waals surface area contributed by atoms with Crippen LogP contribution in [0.25, 0.3) is 21.5 Å². The summed E-state index contributed by atoms with van der Waals surface area (Å²) in [5.74, 6) is 0. The SMILES string of the molecule is Cc1ccsc1-c1[nH]c2ccc(Br)cc2c1CCCCN. The van der Waals surface area contributed by atoms with Gasteiger partial charge < -0.3 is 10.7 Å². The molecule has 2 aromatic heterocycles. The minimum Gasteiger partial charge on any atom is -0.354 e. The Morgan fingerprint density at radius 2 is 2.10 bits per heavy atom. The molecule has 0 atom stereocenters. The molecule has 0 bridgehead atoms. The molecular weight excluding hydrogens is 344 g/mol. The molecule has 0 spiro atoms. The normalized spacial score (nSPS) is 11.4. The predicted molar refractivity (Wildman–Crippen MR) is 96.0 cm³/mol. The lowest BCUT2D eigenvalue weighted by Crippen LogP contribution is -1.99. The second-order valence-corrected chi connectivity index (χ2v) is 7.18. The summed E-state index contributed by atoms with van der Waals surface area (Å²) in [6, 6.07) is 8.65. The maximum absolute atomic E-state index is 5.65. The van der Waals surface area contributed by atoms with Gasteiger partial charge in [0, 0.05) is 15.4 Å². The number of nitrogens with one attached hydrogen (secondary N) is 1. The number of hydrogen-bond donors (Lipinski definition) is 2. The average molecular weight is 363 g/mol. The van der Waals surface area contributed by atoms with Crippen molar-refractivity contribution < 1.29 is 0 Å². The van der Waals surface area contributed by atoms with Gasteiger partial charge in [-0.1, -0.05) is 15.9 Å². The molecule has 3 aromatic rings. The van der Waals surface area contributed by atoms with E-state index in [0.717, 1.165) is 30.3 Å². The van der Waals surface area contributed by atoms with Gasteiger partial charge in [-0.2, -0.15) is 0 Å². The number of fused-ring (bicyclic) bond motifs is 1. The molecule has 110 valence electrons. The fourth-order valence-electron chi connectivity index (χ4n) is 2.75. The van der Waals surface area contributed by atoms with E-state index in [9.17, 15) is 0 Å². The maximum atomic E-state index is 5.65. The molecule has 4 heteroatoms. The number of benzene rings is 1. The number of aromatic amines is 1. The number of unbranched alkanes of at least 4 members (excludes halogenated alkanes) is 1. The van der Waals surface area contributed by atoms with Gasteiger partial charge in [-0.15, -0.1) is 11.3 Å². The summed E-state index contributed by atoms with van der Waals surface area (Å²) < 4.78 is 1.13. The van der Waals surface area contributed by atoms with Crippen molar-refractivity contribution in [1.29, 1.82) is 0 Å². The van der Waals surface area contributed by atoms with Crippen molar-refractivity contribution in [1.82, 2.24) is 4.98 Å². The van der Waals surface area contributed by atoms with E-state index in [1.807, 2.05) is 11.3 Å². The van der Waals surface area contributed by atoms with Crippen LogP contribution in [0.4, 0.5) is 0 Å². The minimum atomic E-state index is 0.763. The standard InChI is InChI=1S/C17H19BrN2S/c1-11-7-9-21-17(11)16-13(4-2-3-8-19)14-10-12(18)5-6-15(14)20-16/h5-7,9-10,20H,2-4,8,19H2,1H3. The van der Waals surface area contributed by atoms with Crippen LogP contribution in [-0.2, 0) is 6.42 Å². The summed E-state index contributed by atoms with van der Waals surface area (Å²) in [5.41, 5.74) is 10.9. The van der Waals surface area contributed by atoms with Crippen molar-refractivity contribution in [2.45, 2.75) is 26.2 Å². The van der Waals surface area contributed by atoms with Gasteiger partial charge in [0.15, 0.2) is 0 Å².